The topological polar surface area (TPSA) is 46.0 Å². The van der Waals surface area contributed by atoms with Crippen molar-refractivity contribution in [1.82, 2.24) is 9.97 Å². The molecule has 102 valence electrons. The zero-order valence-corrected chi connectivity index (χ0v) is 11.5. The van der Waals surface area contributed by atoms with E-state index in [1.807, 2.05) is 0 Å². The van der Waals surface area contributed by atoms with Crippen LogP contribution < -0.4 is 0 Å². The van der Waals surface area contributed by atoms with Crippen LogP contribution in [0.4, 0.5) is 4.39 Å². The van der Waals surface area contributed by atoms with E-state index in [1.165, 1.54) is 17.8 Å². The quantitative estimate of drug-likeness (QED) is 0.534. The van der Waals surface area contributed by atoms with Crippen molar-refractivity contribution in [2.45, 2.75) is 17.3 Å². The minimum atomic E-state index is -0.347. The average Bonchev–Trinajstić information content (AvgIpc) is 2.49. The lowest BCUT2D eigenvalue weighted by Crippen LogP contribution is -1.90. The third-order valence-corrected chi connectivity index (χ3v) is 3.35. The SMILES string of the molecule is OCCC#Cc1cc(CSc2ncccn2)ccc1F. The normalized spacial score (nSPS) is 9.90. The van der Waals surface area contributed by atoms with Crippen LogP contribution in [-0.2, 0) is 5.75 Å². The standard InChI is InChI=1S/C15H13FN2OS/c16-14-6-5-12(10-13(14)4-1-2-9-19)11-20-15-17-7-3-8-18-15/h3,5-8,10,19H,2,9,11H2. The molecular formula is C15H13FN2OS. The summed E-state index contributed by atoms with van der Waals surface area (Å²) in [7, 11) is 0. The van der Waals surface area contributed by atoms with Gasteiger partial charge in [-0.2, -0.15) is 0 Å². The largest absolute Gasteiger partial charge is 0.395 e. The van der Waals surface area contributed by atoms with Crippen molar-refractivity contribution in [3.63, 3.8) is 0 Å². The molecule has 0 radical (unpaired) electrons. The molecule has 0 aliphatic rings. The molecule has 1 heterocycles. The highest BCUT2D eigenvalue weighted by atomic mass is 32.2. The van der Waals surface area contributed by atoms with Crippen molar-refractivity contribution in [3.05, 3.63) is 53.6 Å². The van der Waals surface area contributed by atoms with Gasteiger partial charge in [-0.3, -0.25) is 0 Å². The Kier molecular flexibility index (Phi) is 5.54. The molecule has 0 fully saturated rings. The third kappa shape index (κ3) is 4.34. The van der Waals surface area contributed by atoms with E-state index in [4.69, 9.17) is 5.11 Å². The molecule has 0 bridgehead atoms. The first-order valence-electron chi connectivity index (χ1n) is 6.07. The van der Waals surface area contributed by atoms with Crippen LogP contribution in [0.2, 0.25) is 0 Å². The van der Waals surface area contributed by atoms with Gasteiger partial charge in [-0.1, -0.05) is 29.7 Å². The van der Waals surface area contributed by atoms with Crippen LogP contribution in [0.3, 0.4) is 0 Å². The predicted octanol–water partition coefficient (Wildman–Crippen LogP) is 2.64. The molecule has 0 aliphatic heterocycles. The first-order chi connectivity index (χ1) is 9.79. The van der Waals surface area contributed by atoms with Crippen molar-refractivity contribution in [2.75, 3.05) is 6.61 Å². The Bertz CT molecular complexity index is 623. The second kappa shape index (κ2) is 7.63. The number of aromatic nitrogens is 2. The van der Waals surface area contributed by atoms with E-state index in [0.29, 0.717) is 22.9 Å². The molecule has 0 spiro atoms. The van der Waals surface area contributed by atoms with Gasteiger partial charge < -0.3 is 5.11 Å². The monoisotopic (exact) mass is 288 g/mol. The van der Waals surface area contributed by atoms with Crippen LogP contribution in [0.15, 0.2) is 41.8 Å². The Morgan fingerprint density at radius 2 is 2.05 bits per heavy atom. The van der Waals surface area contributed by atoms with Gasteiger partial charge in [-0.05, 0) is 23.8 Å². The first kappa shape index (κ1) is 14.5. The van der Waals surface area contributed by atoms with Crippen LogP contribution in [0.1, 0.15) is 17.5 Å². The smallest absolute Gasteiger partial charge is 0.187 e. The number of hydrogen-bond donors (Lipinski definition) is 1. The van der Waals surface area contributed by atoms with Crippen LogP contribution >= 0.6 is 11.8 Å². The van der Waals surface area contributed by atoms with Crippen LogP contribution in [-0.4, -0.2) is 21.7 Å². The number of rotatable bonds is 4. The number of nitrogens with zero attached hydrogens (tertiary/aromatic N) is 2. The van der Waals surface area contributed by atoms with Crippen molar-refractivity contribution < 1.29 is 9.50 Å². The molecule has 0 aliphatic carbocycles. The summed E-state index contributed by atoms with van der Waals surface area (Å²) in [6.07, 6.45) is 3.72. The van der Waals surface area contributed by atoms with Gasteiger partial charge >= 0.3 is 0 Å². The maximum Gasteiger partial charge on any atom is 0.187 e. The molecule has 1 aromatic heterocycles. The van der Waals surface area contributed by atoms with Crippen LogP contribution in [0.25, 0.3) is 0 Å². The maximum absolute atomic E-state index is 13.6. The molecule has 5 heteroatoms. The number of halogens is 1. The molecule has 0 atom stereocenters. The average molecular weight is 288 g/mol. The summed E-state index contributed by atoms with van der Waals surface area (Å²) in [5, 5.41) is 9.35. The Morgan fingerprint density at radius 1 is 1.25 bits per heavy atom. The first-order valence-corrected chi connectivity index (χ1v) is 7.06. The third-order valence-electron chi connectivity index (χ3n) is 2.40. The van der Waals surface area contributed by atoms with E-state index >= 15 is 0 Å². The number of aliphatic hydroxyl groups is 1. The highest BCUT2D eigenvalue weighted by molar-refractivity contribution is 7.98. The van der Waals surface area contributed by atoms with E-state index < -0.39 is 0 Å². The molecule has 0 saturated heterocycles. The fourth-order valence-electron chi connectivity index (χ4n) is 1.48. The molecule has 3 nitrogen and oxygen atoms in total. The van der Waals surface area contributed by atoms with Crippen molar-refractivity contribution >= 4 is 11.8 Å². The van der Waals surface area contributed by atoms with E-state index in [-0.39, 0.29) is 12.4 Å². The van der Waals surface area contributed by atoms with E-state index in [1.54, 1.807) is 30.6 Å². The van der Waals surface area contributed by atoms with E-state index in [2.05, 4.69) is 21.8 Å². The van der Waals surface area contributed by atoms with Gasteiger partial charge in [0.2, 0.25) is 0 Å². The summed E-state index contributed by atoms with van der Waals surface area (Å²) in [5.41, 5.74) is 1.31. The Morgan fingerprint density at radius 3 is 2.80 bits per heavy atom. The van der Waals surface area contributed by atoms with Crippen LogP contribution in [0.5, 0.6) is 0 Å². The van der Waals surface area contributed by atoms with E-state index in [9.17, 15) is 4.39 Å². The molecule has 20 heavy (non-hydrogen) atoms. The highest BCUT2D eigenvalue weighted by Gasteiger charge is 2.03. The maximum atomic E-state index is 13.6. The number of hydrogen-bond acceptors (Lipinski definition) is 4. The molecule has 1 N–H and O–H groups in total. The van der Waals surface area contributed by atoms with Crippen LogP contribution in [0, 0.1) is 17.7 Å². The molecule has 2 aromatic rings. The van der Waals surface area contributed by atoms with Gasteiger partial charge in [-0.15, -0.1) is 0 Å². The summed E-state index contributed by atoms with van der Waals surface area (Å²) in [6, 6.07) is 6.61. The number of thioether (sulfide) groups is 1. The van der Waals surface area contributed by atoms with Crippen molar-refractivity contribution in [1.29, 1.82) is 0 Å². The summed E-state index contributed by atoms with van der Waals surface area (Å²) in [6.45, 7) is -0.0183. The molecule has 0 amide bonds. The fourth-order valence-corrected chi connectivity index (χ4v) is 2.23. The summed E-state index contributed by atoms with van der Waals surface area (Å²) >= 11 is 1.48. The van der Waals surface area contributed by atoms with E-state index in [0.717, 1.165) is 5.56 Å². The molecule has 1 aromatic carbocycles. The minimum Gasteiger partial charge on any atom is -0.395 e. The van der Waals surface area contributed by atoms with Gasteiger partial charge in [0.1, 0.15) is 5.82 Å². The number of benzene rings is 1. The minimum absolute atomic E-state index is 0.0183. The van der Waals surface area contributed by atoms with Gasteiger partial charge in [0, 0.05) is 24.6 Å². The Hall–Kier alpha value is -1.90. The zero-order valence-electron chi connectivity index (χ0n) is 10.7. The highest BCUT2D eigenvalue weighted by Crippen LogP contribution is 2.20. The lowest BCUT2D eigenvalue weighted by atomic mass is 10.1. The Labute approximate surface area is 121 Å². The molecule has 0 unspecified atom stereocenters. The zero-order chi connectivity index (χ0) is 14.2. The second-order valence-electron chi connectivity index (χ2n) is 3.91. The van der Waals surface area contributed by atoms with Gasteiger partial charge in [0.05, 0.1) is 12.2 Å². The second-order valence-corrected chi connectivity index (χ2v) is 4.85. The van der Waals surface area contributed by atoms with Crippen molar-refractivity contribution in [3.8, 4) is 11.8 Å². The predicted molar refractivity (Wildman–Crippen MR) is 76.6 cm³/mol. The van der Waals surface area contributed by atoms with Gasteiger partial charge in [0.15, 0.2) is 5.16 Å². The lowest BCUT2D eigenvalue weighted by Gasteiger charge is -2.02. The summed E-state index contributed by atoms with van der Waals surface area (Å²) < 4.78 is 13.6. The molecule has 2 rings (SSSR count). The lowest BCUT2D eigenvalue weighted by molar-refractivity contribution is 0.305. The summed E-state index contributed by atoms with van der Waals surface area (Å²) in [5.74, 6) is 5.75. The summed E-state index contributed by atoms with van der Waals surface area (Å²) in [4.78, 5) is 8.23. The van der Waals surface area contributed by atoms with Gasteiger partial charge in [0.25, 0.3) is 0 Å². The molecular weight excluding hydrogens is 275 g/mol. The van der Waals surface area contributed by atoms with Gasteiger partial charge in [-0.25, -0.2) is 14.4 Å². The molecule has 0 saturated carbocycles. The fraction of sp³-hybridized carbons (Fsp3) is 0.200. The number of aliphatic hydroxyl groups excluding tert-OH is 1. The Balaban J connectivity index is 2.06. The van der Waals surface area contributed by atoms with Crippen molar-refractivity contribution in [2.24, 2.45) is 0 Å².